The monoisotopic (exact) mass is 240 g/mol. The maximum atomic E-state index is 12.9. The van der Waals surface area contributed by atoms with Crippen molar-refractivity contribution in [2.45, 2.75) is 12.1 Å². The van der Waals surface area contributed by atoms with Crippen molar-refractivity contribution in [2.24, 2.45) is 0 Å². The van der Waals surface area contributed by atoms with Gasteiger partial charge in [0.15, 0.2) is 0 Å². The SMILES string of the molecule is N=c1c(N)c(C(F)(F)C(F)(F)F)c(=N)c1=N. The van der Waals surface area contributed by atoms with Crippen LogP contribution < -0.4 is 21.8 Å². The van der Waals surface area contributed by atoms with E-state index in [1.165, 1.54) is 0 Å². The molecule has 0 aliphatic carbocycles. The Morgan fingerprint density at radius 3 is 1.50 bits per heavy atom. The summed E-state index contributed by atoms with van der Waals surface area (Å²) in [5.41, 5.74) is 1.87. The lowest BCUT2D eigenvalue weighted by Gasteiger charge is -2.19. The van der Waals surface area contributed by atoms with Crippen molar-refractivity contribution < 1.29 is 22.0 Å². The van der Waals surface area contributed by atoms with Crippen molar-refractivity contribution in [3.63, 3.8) is 0 Å². The van der Waals surface area contributed by atoms with E-state index in [9.17, 15) is 22.0 Å². The average Bonchev–Trinajstić information content (AvgIpc) is 2.29. The molecule has 4 nitrogen and oxygen atoms in total. The first-order valence-corrected chi connectivity index (χ1v) is 3.73. The number of hydrogen-bond donors (Lipinski definition) is 4. The van der Waals surface area contributed by atoms with Gasteiger partial charge in [0.1, 0.15) is 10.7 Å². The topological polar surface area (TPSA) is 97.6 Å². The van der Waals surface area contributed by atoms with Crippen LogP contribution in [0.1, 0.15) is 5.56 Å². The molecule has 1 rings (SSSR count). The highest BCUT2D eigenvalue weighted by Crippen LogP contribution is 2.43. The Morgan fingerprint density at radius 1 is 0.812 bits per heavy atom. The summed E-state index contributed by atoms with van der Waals surface area (Å²) in [5.74, 6) is -5.33. The first-order valence-electron chi connectivity index (χ1n) is 3.73. The number of nitrogens with one attached hydrogen (secondary N) is 3. The zero-order valence-corrected chi connectivity index (χ0v) is 7.47. The molecule has 0 unspecified atom stereocenters. The van der Waals surface area contributed by atoms with Crippen LogP contribution in [0.4, 0.5) is 27.6 Å². The molecule has 0 fully saturated rings. The molecule has 9 heteroatoms. The molecule has 0 saturated heterocycles. The van der Waals surface area contributed by atoms with Crippen LogP contribution in [0.2, 0.25) is 0 Å². The highest BCUT2D eigenvalue weighted by molar-refractivity contribution is 5.49. The van der Waals surface area contributed by atoms with E-state index in [0.29, 0.717) is 0 Å². The molecule has 1 aromatic carbocycles. The third-order valence-electron chi connectivity index (χ3n) is 1.96. The largest absolute Gasteiger partial charge is 0.458 e. The maximum absolute atomic E-state index is 12.9. The minimum absolute atomic E-state index is 0.996. The second kappa shape index (κ2) is 3.09. The van der Waals surface area contributed by atoms with E-state index in [0.717, 1.165) is 0 Å². The highest BCUT2D eigenvalue weighted by atomic mass is 19.4. The Kier molecular flexibility index (Phi) is 2.37. The number of nitrogen functional groups attached to an aromatic ring is 1. The Bertz CT molecular complexity index is 563. The summed E-state index contributed by atoms with van der Waals surface area (Å²) in [6.45, 7) is 0. The molecule has 0 radical (unpaired) electrons. The minimum Gasteiger partial charge on any atom is -0.396 e. The van der Waals surface area contributed by atoms with Gasteiger partial charge in [0.2, 0.25) is 0 Å². The molecule has 16 heavy (non-hydrogen) atoms. The molecule has 0 aromatic heterocycles. The molecule has 88 valence electrons. The van der Waals surface area contributed by atoms with Gasteiger partial charge >= 0.3 is 12.1 Å². The van der Waals surface area contributed by atoms with Crippen LogP contribution in [-0.2, 0) is 5.92 Å². The second-order valence-electron chi connectivity index (χ2n) is 2.99. The maximum Gasteiger partial charge on any atom is 0.458 e. The van der Waals surface area contributed by atoms with Gasteiger partial charge in [0, 0.05) is 0 Å². The van der Waals surface area contributed by atoms with E-state index >= 15 is 0 Å². The molecule has 0 saturated carbocycles. The first-order chi connectivity index (χ1) is 7.01. The summed E-state index contributed by atoms with van der Waals surface area (Å²) >= 11 is 0. The first kappa shape index (κ1) is 12.3. The average molecular weight is 240 g/mol. The third kappa shape index (κ3) is 1.39. The van der Waals surface area contributed by atoms with Crippen molar-refractivity contribution in [3.05, 3.63) is 21.6 Å². The van der Waals surface area contributed by atoms with Gasteiger partial charge in [-0.05, 0) is 0 Å². The molecule has 0 bridgehead atoms. The minimum atomic E-state index is -5.91. The lowest BCUT2D eigenvalue weighted by Crippen LogP contribution is -2.40. The molecular formula is C7H5F5N4. The quantitative estimate of drug-likeness (QED) is 0.519. The van der Waals surface area contributed by atoms with Crippen molar-refractivity contribution in [2.75, 3.05) is 5.73 Å². The molecule has 0 spiro atoms. The lowest BCUT2D eigenvalue weighted by atomic mass is 10.1. The van der Waals surface area contributed by atoms with E-state index in [-0.39, 0.29) is 0 Å². The Hall–Kier alpha value is -1.80. The van der Waals surface area contributed by atoms with Crippen LogP contribution in [0, 0.1) is 16.2 Å². The van der Waals surface area contributed by atoms with Gasteiger partial charge < -0.3 is 5.73 Å². The Morgan fingerprint density at radius 2 is 1.25 bits per heavy atom. The van der Waals surface area contributed by atoms with E-state index < -0.39 is 39.4 Å². The molecule has 0 amide bonds. The van der Waals surface area contributed by atoms with Crippen LogP contribution in [-0.4, -0.2) is 6.18 Å². The fourth-order valence-electron chi connectivity index (χ4n) is 1.11. The molecule has 0 atom stereocenters. The van der Waals surface area contributed by atoms with Crippen molar-refractivity contribution in [1.29, 1.82) is 16.2 Å². The van der Waals surface area contributed by atoms with Crippen LogP contribution in [0.15, 0.2) is 0 Å². The lowest BCUT2D eigenvalue weighted by molar-refractivity contribution is -0.289. The van der Waals surface area contributed by atoms with Gasteiger partial charge in [-0.15, -0.1) is 0 Å². The van der Waals surface area contributed by atoms with Gasteiger partial charge in [-0.2, -0.15) is 22.0 Å². The molecular weight excluding hydrogens is 235 g/mol. The highest BCUT2D eigenvalue weighted by Gasteiger charge is 2.60. The number of nitrogens with two attached hydrogens (primary N) is 1. The molecule has 5 N–H and O–H groups in total. The van der Waals surface area contributed by atoms with Crippen LogP contribution >= 0.6 is 0 Å². The molecule has 1 aromatic rings. The normalized spacial score (nSPS) is 13.1. The van der Waals surface area contributed by atoms with Gasteiger partial charge in [-0.25, -0.2) is 0 Å². The number of alkyl halides is 5. The molecule has 0 aliphatic heterocycles. The predicted molar refractivity (Wildman–Crippen MR) is 40.7 cm³/mol. The van der Waals surface area contributed by atoms with Crippen LogP contribution in [0.3, 0.4) is 0 Å². The second-order valence-corrected chi connectivity index (χ2v) is 2.99. The van der Waals surface area contributed by atoms with Crippen molar-refractivity contribution >= 4 is 5.69 Å². The smallest absolute Gasteiger partial charge is 0.396 e. The Balaban J connectivity index is 3.72. The summed E-state index contributed by atoms with van der Waals surface area (Å²) in [4.78, 5) is 0. The fraction of sp³-hybridized carbons (Fsp3) is 0.286. The fourth-order valence-corrected chi connectivity index (χ4v) is 1.11. The van der Waals surface area contributed by atoms with Gasteiger partial charge in [0.05, 0.1) is 16.6 Å². The predicted octanol–water partition coefficient (Wildman–Crippen LogP) is 0.237. The van der Waals surface area contributed by atoms with E-state index in [1.807, 2.05) is 0 Å². The molecule has 0 heterocycles. The Labute approximate surface area is 84.4 Å². The third-order valence-corrected chi connectivity index (χ3v) is 1.96. The van der Waals surface area contributed by atoms with Gasteiger partial charge in [0.25, 0.3) is 0 Å². The standard InChI is InChI=1S/C7H5F5N4/c8-6(9,7(10,11)12)1-2(13)4(15)5(16)3(1)14/h13,15-16H,14H2. The number of hydrogen-bond acceptors (Lipinski definition) is 4. The van der Waals surface area contributed by atoms with Crippen LogP contribution in [0.25, 0.3) is 0 Å². The molecule has 0 aliphatic rings. The summed E-state index contributed by atoms with van der Waals surface area (Å²) in [6.07, 6.45) is -5.91. The van der Waals surface area contributed by atoms with Crippen molar-refractivity contribution in [1.82, 2.24) is 0 Å². The summed E-state index contributed by atoms with van der Waals surface area (Å²) in [5, 5.41) is 17.4. The van der Waals surface area contributed by atoms with E-state index in [4.69, 9.17) is 22.0 Å². The summed E-state index contributed by atoms with van der Waals surface area (Å²) in [6, 6.07) is 0. The van der Waals surface area contributed by atoms with Gasteiger partial charge in [-0.3, -0.25) is 16.2 Å². The summed E-state index contributed by atoms with van der Waals surface area (Å²) in [7, 11) is 0. The number of halogens is 5. The van der Waals surface area contributed by atoms with Crippen molar-refractivity contribution in [3.8, 4) is 0 Å². The van der Waals surface area contributed by atoms with Crippen LogP contribution in [0.5, 0.6) is 0 Å². The zero-order valence-electron chi connectivity index (χ0n) is 7.47. The zero-order chi connectivity index (χ0) is 12.9. The van der Waals surface area contributed by atoms with E-state index in [2.05, 4.69) is 0 Å². The van der Waals surface area contributed by atoms with Gasteiger partial charge in [-0.1, -0.05) is 0 Å². The summed E-state index contributed by atoms with van der Waals surface area (Å²) < 4.78 is 61.8. The number of anilines is 1. The number of rotatable bonds is 1. The van der Waals surface area contributed by atoms with E-state index in [1.54, 1.807) is 0 Å².